The molecule has 2 aromatic rings. The Hall–Kier alpha value is -2.89. The number of aromatic nitrogens is 2. The van der Waals surface area contributed by atoms with Crippen LogP contribution in [-0.4, -0.2) is 72.2 Å². The van der Waals surface area contributed by atoms with Crippen LogP contribution in [0.15, 0.2) is 18.3 Å². The van der Waals surface area contributed by atoms with E-state index in [4.69, 9.17) is 26.1 Å². The van der Waals surface area contributed by atoms with Crippen LogP contribution in [0.25, 0.3) is 11.0 Å². The SMILES string of the molecule is CC(=O)OCC#Cc1cc2nc(N3CCN(C(=O)[C@H]4CCCO4)CC3)cnc2cc1Cl. The van der Waals surface area contributed by atoms with E-state index in [1.165, 1.54) is 6.92 Å². The van der Waals surface area contributed by atoms with Crippen LogP contribution in [0.1, 0.15) is 25.3 Å². The molecule has 0 saturated carbocycles. The van der Waals surface area contributed by atoms with Crippen LogP contribution in [0.3, 0.4) is 0 Å². The van der Waals surface area contributed by atoms with E-state index in [2.05, 4.69) is 21.7 Å². The van der Waals surface area contributed by atoms with E-state index in [1.807, 2.05) is 4.90 Å². The minimum absolute atomic E-state index is 0.00428. The lowest BCUT2D eigenvalue weighted by atomic mass is 10.2. The zero-order valence-electron chi connectivity index (χ0n) is 17.3. The molecule has 2 saturated heterocycles. The molecule has 1 atom stereocenters. The molecule has 0 aliphatic carbocycles. The second-order valence-electron chi connectivity index (χ2n) is 7.44. The molecule has 0 N–H and O–H groups in total. The third-order valence-electron chi connectivity index (χ3n) is 5.31. The van der Waals surface area contributed by atoms with E-state index < -0.39 is 0 Å². The molecule has 3 heterocycles. The summed E-state index contributed by atoms with van der Waals surface area (Å²) >= 11 is 6.30. The molecule has 0 unspecified atom stereocenters. The molecule has 2 aliphatic heterocycles. The van der Waals surface area contributed by atoms with Gasteiger partial charge in [-0.15, -0.1) is 0 Å². The second-order valence-corrected chi connectivity index (χ2v) is 7.85. The minimum atomic E-state index is -0.382. The Morgan fingerprint density at radius 2 is 2.06 bits per heavy atom. The molecule has 1 aromatic heterocycles. The summed E-state index contributed by atoms with van der Waals surface area (Å²) in [6, 6.07) is 3.51. The standard InChI is InChI=1S/C22H23ClN4O4/c1-15(28)30-10-2-4-16-12-19-18(13-17(16)23)24-14-21(25-19)26-6-8-27(9-7-26)22(29)20-5-3-11-31-20/h12-14,20H,3,5-11H2,1H3/t20-/m1/s1. The third kappa shape index (κ3) is 5.06. The van der Waals surface area contributed by atoms with Gasteiger partial charge in [-0.25, -0.2) is 4.98 Å². The molecule has 162 valence electrons. The molecule has 4 rings (SSSR count). The summed E-state index contributed by atoms with van der Waals surface area (Å²) in [7, 11) is 0. The maximum Gasteiger partial charge on any atom is 0.303 e. The molecular weight excluding hydrogens is 420 g/mol. The quantitative estimate of drug-likeness (QED) is 0.531. The van der Waals surface area contributed by atoms with Gasteiger partial charge in [0.2, 0.25) is 0 Å². The normalized spacial score (nSPS) is 18.6. The first-order valence-corrected chi connectivity index (χ1v) is 10.6. The maximum atomic E-state index is 12.5. The van der Waals surface area contributed by atoms with Crippen LogP contribution < -0.4 is 4.90 Å². The van der Waals surface area contributed by atoms with E-state index in [-0.39, 0.29) is 24.6 Å². The van der Waals surface area contributed by atoms with Crippen LogP contribution >= 0.6 is 11.6 Å². The predicted octanol–water partition coefficient (Wildman–Crippen LogP) is 2.03. The summed E-state index contributed by atoms with van der Waals surface area (Å²) in [5.74, 6) is 6.14. The number of halogens is 1. The average Bonchev–Trinajstić information content (AvgIpc) is 3.31. The fraction of sp³-hybridized carbons (Fsp3) is 0.455. The van der Waals surface area contributed by atoms with Crippen LogP contribution in [0.4, 0.5) is 5.82 Å². The average molecular weight is 443 g/mol. The number of amides is 1. The molecule has 9 heteroatoms. The summed E-state index contributed by atoms with van der Waals surface area (Å²) < 4.78 is 10.3. The Labute approximate surface area is 185 Å². The van der Waals surface area contributed by atoms with Gasteiger partial charge in [-0.1, -0.05) is 23.4 Å². The number of piperazine rings is 1. The molecular formula is C22H23ClN4O4. The van der Waals surface area contributed by atoms with Crippen molar-refractivity contribution in [2.24, 2.45) is 0 Å². The van der Waals surface area contributed by atoms with Gasteiger partial charge < -0.3 is 19.3 Å². The Kier molecular flexibility index (Phi) is 6.54. The maximum absolute atomic E-state index is 12.5. The van der Waals surface area contributed by atoms with Crippen molar-refractivity contribution in [2.75, 3.05) is 44.3 Å². The van der Waals surface area contributed by atoms with Crippen molar-refractivity contribution in [3.05, 3.63) is 28.9 Å². The number of fused-ring (bicyclic) bond motifs is 1. The first-order chi connectivity index (χ1) is 15.0. The lowest BCUT2D eigenvalue weighted by Gasteiger charge is -2.36. The smallest absolute Gasteiger partial charge is 0.303 e. The van der Waals surface area contributed by atoms with Gasteiger partial charge in [0.05, 0.1) is 22.3 Å². The highest BCUT2D eigenvalue weighted by atomic mass is 35.5. The summed E-state index contributed by atoms with van der Waals surface area (Å²) in [4.78, 5) is 36.6. The van der Waals surface area contributed by atoms with E-state index in [9.17, 15) is 9.59 Å². The van der Waals surface area contributed by atoms with Crippen molar-refractivity contribution in [1.82, 2.24) is 14.9 Å². The molecule has 0 radical (unpaired) electrons. The Bertz CT molecular complexity index is 1050. The molecule has 2 fully saturated rings. The summed E-state index contributed by atoms with van der Waals surface area (Å²) in [5, 5.41) is 0.464. The molecule has 31 heavy (non-hydrogen) atoms. The third-order valence-corrected chi connectivity index (χ3v) is 5.62. The largest absolute Gasteiger partial charge is 0.453 e. The highest BCUT2D eigenvalue weighted by Gasteiger charge is 2.30. The Morgan fingerprint density at radius 1 is 1.26 bits per heavy atom. The van der Waals surface area contributed by atoms with Gasteiger partial charge in [0.25, 0.3) is 5.91 Å². The van der Waals surface area contributed by atoms with Crippen LogP contribution in [0, 0.1) is 11.8 Å². The zero-order chi connectivity index (χ0) is 21.8. The Morgan fingerprint density at radius 3 is 2.77 bits per heavy atom. The fourth-order valence-electron chi connectivity index (χ4n) is 3.67. The van der Waals surface area contributed by atoms with Gasteiger partial charge in [-0.05, 0) is 25.0 Å². The van der Waals surface area contributed by atoms with E-state index >= 15 is 0 Å². The molecule has 8 nitrogen and oxygen atoms in total. The number of carbonyl (C=O) groups is 2. The monoisotopic (exact) mass is 442 g/mol. The second kappa shape index (κ2) is 9.50. The molecule has 1 aromatic carbocycles. The van der Waals surface area contributed by atoms with E-state index in [0.29, 0.717) is 54.4 Å². The van der Waals surface area contributed by atoms with E-state index in [0.717, 1.165) is 18.7 Å². The van der Waals surface area contributed by atoms with Gasteiger partial charge in [0.1, 0.15) is 11.9 Å². The molecule has 2 aliphatic rings. The number of hydrogen-bond donors (Lipinski definition) is 0. The fourth-order valence-corrected chi connectivity index (χ4v) is 3.88. The lowest BCUT2D eigenvalue weighted by molar-refractivity contribution is -0.141. The van der Waals surface area contributed by atoms with E-state index in [1.54, 1.807) is 18.3 Å². The summed E-state index contributed by atoms with van der Waals surface area (Å²) in [6.07, 6.45) is 3.20. The van der Waals surface area contributed by atoms with Crippen molar-refractivity contribution in [2.45, 2.75) is 25.9 Å². The zero-order valence-corrected chi connectivity index (χ0v) is 18.0. The number of anilines is 1. The first-order valence-electron chi connectivity index (χ1n) is 10.2. The van der Waals surface area contributed by atoms with Crippen molar-refractivity contribution in [1.29, 1.82) is 0 Å². The van der Waals surface area contributed by atoms with Crippen molar-refractivity contribution < 1.29 is 19.1 Å². The summed E-state index contributed by atoms with van der Waals surface area (Å²) in [6.45, 7) is 4.63. The number of hydrogen-bond acceptors (Lipinski definition) is 7. The lowest BCUT2D eigenvalue weighted by Crippen LogP contribution is -2.51. The van der Waals surface area contributed by atoms with Crippen LogP contribution in [0.2, 0.25) is 5.02 Å². The first kappa shape index (κ1) is 21.3. The summed E-state index contributed by atoms with van der Waals surface area (Å²) in [5.41, 5.74) is 1.95. The van der Waals surface area contributed by atoms with Crippen molar-refractivity contribution in [3.8, 4) is 11.8 Å². The molecule has 0 bridgehead atoms. The highest BCUT2D eigenvalue weighted by Crippen LogP contribution is 2.24. The number of benzene rings is 1. The number of ether oxygens (including phenoxy) is 2. The predicted molar refractivity (Wildman–Crippen MR) is 116 cm³/mol. The number of carbonyl (C=O) groups excluding carboxylic acids is 2. The number of rotatable bonds is 3. The van der Waals surface area contributed by atoms with Gasteiger partial charge in [-0.3, -0.25) is 14.6 Å². The van der Waals surface area contributed by atoms with Gasteiger partial charge >= 0.3 is 5.97 Å². The van der Waals surface area contributed by atoms with Crippen LogP contribution in [-0.2, 0) is 19.1 Å². The highest BCUT2D eigenvalue weighted by molar-refractivity contribution is 6.32. The molecule has 1 amide bonds. The van der Waals surface area contributed by atoms with Crippen LogP contribution in [0.5, 0.6) is 0 Å². The van der Waals surface area contributed by atoms with Gasteiger partial charge in [0.15, 0.2) is 6.61 Å². The molecule has 0 spiro atoms. The number of nitrogens with zero attached hydrogens (tertiary/aromatic N) is 4. The van der Waals surface area contributed by atoms with Crippen molar-refractivity contribution >= 4 is 40.3 Å². The topological polar surface area (TPSA) is 84.9 Å². The van der Waals surface area contributed by atoms with Gasteiger partial charge in [0, 0.05) is 45.3 Å². The minimum Gasteiger partial charge on any atom is -0.453 e. The van der Waals surface area contributed by atoms with Gasteiger partial charge in [-0.2, -0.15) is 0 Å². The van der Waals surface area contributed by atoms with Crippen molar-refractivity contribution in [3.63, 3.8) is 0 Å². The Balaban J connectivity index is 1.45. The number of esters is 1.